The van der Waals surface area contributed by atoms with E-state index in [9.17, 15) is 9.59 Å². The van der Waals surface area contributed by atoms with E-state index in [4.69, 9.17) is 16.3 Å². The Kier molecular flexibility index (Phi) is 7.02. The molecule has 1 aromatic rings. The molecular formula is C15H21ClN2O3. The number of carbonyl (C=O) groups is 2. The van der Waals surface area contributed by atoms with Gasteiger partial charge in [-0.2, -0.15) is 0 Å². The number of halogens is 1. The highest BCUT2D eigenvalue weighted by Crippen LogP contribution is 2.22. The van der Waals surface area contributed by atoms with Gasteiger partial charge in [0.25, 0.3) is 5.91 Å². The zero-order valence-corrected chi connectivity index (χ0v) is 13.4. The van der Waals surface area contributed by atoms with Gasteiger partial charge in [-0.1, -0.05) is 23.7 Å². The molecule has 0 N–H and O–H groups in total. The lowest BCUT2D eigenvalue weighted by atomic mass is 10.3. The van der Waals surface area contributed by atoms with Crippen LogP contribution >= 0.6 is 11.6 Å². The first kappa shape index (κ1) is 17.3. The Bertz CT molecular complexity index is 490. The minimum atomic E-state index is -0.268. The van der Waals surface area contributed by atoms with Crippen LogP contribution in [0.4, 0.5) is 0 Å². The van der Waals surface area contributed by atoms with Crippen molar-refractivity contribution in [1.82, 2.24) is 9.80 Å². The minimum Gasteiger partial charge on any atom is -0.482 e. The molecule has 0 unspecified atom stereocenters. The normalized spacial score (nSPS) is 10.1. The highest BCUT2D eigenvalue weighted by Gasteiger charge is 2.17. The lowest BCUT2D eigenvalue weighted by Crippen LogP contribution is -2.42. The summed E-state index contributed by atoms with van der Waals surface area (Å²) in [6.07, 6.45) is 0. The van der Waals surface area contributed by atoms with E-state index in [-0.39, 0.29) is 25.0 Å². The first-order chi connectivity index (χ1) is 9.99. The fourth-order valence-corrected chi connectivity index (χ4v) is 1.97. The summed E-state index contributed by atoms with van der Waals surface area (Å²) in [4.78, 5) is 26.9. The first-order valence-electron chi connectivity index (χ1n) is 6.88. The van der Waals surface area contributed by atoms with Gasteiger partial charge in [-0.05, 0) is 26.0 Å². The van der Waals surface area contributed by atoms with E-state index in [0.29, 0.717) is 23.9 Å². The highest BCUT2D eigenvalue weighted by molar-refractivity contribution is 6.32. The number of hydrogen-bond acceptors (Lipinski definition) is 3. The van der Waals surface area contributed by atoms with Crippen LogP contribution in [0.25, 0.3) is 0 Å². The molecule has 21 heavy (non-hydrogen) atoms. The van der Waals surface area contributed by atoms with E-state index >= 15 is 0 Å². The van der Waals surface area contributed by atoms with E-state index in [1.165, 1.54) is 4.90 Å². The Morgan fingerprint density at radius 1 is 1.14 bits per heavy atom. The standard InChI is InChI=1S/C15H21ClN2O3/c1-4-18(5-2)14(19)10-17(3)15(20)11-21-13-9-7-6-8-12(13)16/h6-9H,4-5,10-11H2,1-3H3. The Morgan fingerprint density at radius 2 is 1.76 bits per heavy atom. The largest absolute Gasteiger partial charge is 0.482 e. The maximum atomic E-state index is 11.9. The second kappa shape index (κ2) is 8.52. The number of benzene rings is 1. The molecule has 1 aromatic carbocycles. The van der Waals surface area contributed by atoms with E-state index in [0.717, 1.165) is 0 Å². The number of carbonyl (C=O) groups excluding carboxylic acids is 2. The molecule has 2 amide bonds. The molecule has 0 aliphatic rings. The van der Waals surface area contributed by atoms with Gasteiger partial charge in [0.05, 0.1) is 11.6 Å². The van der Waals surface area contributed by atoms with Gasteiger partial charge in [-0.15, -0.1) is 0 Å². The number of para-hydroxylation sites is 1. The molecule has 0 fully saturated rings. The van der Waals surface area contributed by atoms with Gasteiger partial charge in [0.1, 0.15) is 5.75 Å². The number of nitrogens with zero attached hydrogens (tertiary/aromatic N) is 2. The third-order valence-corrected chi connectivity index (χ3v) is 3.41. The molecule has 0 aliphatic carbocycles. The van der Waals surface area contributed by atoms with Crippen molar-refractivity contribution in [3.63, 3.8) is 0 Å². The van der Waals surface area contributed by atoms with Crippen molar-refractivity contribution >= 4 is 23.4 Å². The molecule has 116 valence electrons. The number of rotatable bonds is 7. The zero-order valence-electron chi connectivity index (χ0n) is 12.6. The second-order valence-electron chi connectivity index (χ2n) is 4.53. The van der Waals surface area contributed by atoms with Gasteiger partial charge in [0, 0.05) is 20.1 Å². The average Bonchev–Trinajstić information content (AvgIpc) is 2.47. The zero-order chi connectivity index (χ0) is 15.8. The molecule has 0 radical (unpaired) electrons. The molecular weight excluding hydrogens is 292 g/mol. The number of amides is 2. The molecule has 0 aromatic heterocycles. The monoisotopic (exact) mass is 312 g/mol. The smallest absolute Gasteiger partial charge is 0.260 e. The Morgan fingerprint density at radius 3 is 2.33 bits per heavy atom. The molecule has 5 nitrogen and oxygen atoms in total. The molecule has 0 spiro atoms. The predicted octanol–water partition coefficient (Wildman–Crippen LogP) is 2.05. The van der Waals surface area contributed by atoms with Crippen molar-refractivity contribution in [2.75, 3.05) is 33.3 Å². The van der Waals surface area contributed by atoms with E-state index in [2.05, 4.69) is 0 Å². The van der Waals surface area contributed by atoms with Crippen LogP contribution in [0, 0.1) is 0 Å². The van der Waals surface area contributed by atoms with Gasteiger partial charge in [-0.3, -0.25) is 9.59 Å². The maximum Gasteiger partial charge on any atom is 0.260 e. The Balaban J connectivity index is 2.48. The van der Waals surface area contributed by atoms with Crippen LogP contribution in [0.5, 0.6) is 5.75 Å². The van der Waals surface area contributed by atoms with Gasteiger partial charge < -0.3 is 14.5 Å². The third kappa shape index (κ3) is 5.27. The number of ether oxygens (including phenoxy) is 1. The Hall–Kier alpha value is -1.75. The van der Waals surface area contributed by atoms with Crippen LogP contribution < -0.4 is 4.74 Å². The van der Waals surface area contributed by atoms with E-state index in [1.54, 1.807) is 36.2 Å². The molecule has 0 aliphatic heterocycles. The summed E-state index contributed by atoms with van der Waals surface area (Å²) in [6, 6.07) is 6.94. The van der Waals surface area contributed by atoms with Crippen LogP contribution in [-0.2, 0) is 9.59 Å². The molecule has 0 heterocycles. The lowest BCUT2D eigenvalue weighted by Gasteiger charge is -2.23. The lowest BCUT2D eigenvalue weighted by molar-refractivity contribution is -0.140. The van der Waals surface area contributed by atoms with Crippen molar-refractivity contribution in [3.8, 4) is 5.75 Å². The third-order valence-electron chi connectivity index (χ3n) is 3.10. The highest BCUT2D eigenvalue weighted by atomic mass is 35.5. The SMILES string of the molecule is CCN(CC)C(=O)CN(C)C(=O)COc1ccccc1Cl. The van der Waals surface area contributed by atoms with Gasteiger partial charge in [0.15, 0.2) is 6.61 Å². The summed E-state index contributed by atoms with van der Waals surface area (Å²) in [6.45, 7) is 4.98. The quantitative estimate of drug-likeness (QED) is 0.774. The number of likely N-dealkylation sites (N-methyl/N-ethyl adjacent to an activating group) is 2. The van der Waals surface area contributed by atoms with E-state index < -0.39 is 0 Å². The summed E-state index contributed by atoms with van der Waals surface area (Å²) < 4.78 is 5.37. The molecule has 6 heteroatoms. The first-order valence-corrected chi connectivity index (χ1v) is 7.26. The molecule has 0 saturated heterocycles. The van der Waals surface area contributed by atoms with Crippen molar-refractivity contribution in [1.29, 1.82) is 0 Å². The number of hydrogen-bond donors (Lipinski definition) is 0. The van der Waals surface area contributed by atoms with Gasteiger partial charge >= 0.3 is 0 Å². The molecule has 0 saturated carbocycles. The van der Waals surface area contributed by atoms with Crippen molar-refractivity contribution in [3.05, 3.63) is 29.3 Å². The summed E-state index contributed by atoms with van der Waals surface area (Å²) >= 11 is 5.94. The fraction of sp³-hybridized carbons (Fsp3) is 0.467. The van der Waals surface area contributed by atoms with Crippen molar-refractivity contribution in [2.45, 2.75) is 13.8 Å². The summed E-state index contributed by atoms with van der Waals surface area (Å²) in [7, 11) is 1.58. The second-order valence-corrected chi connectivity index (χ2v) is 4.94. The van der Waals surface area contributed by atoms with E-state index in [1.807, 2.05) is 13.8 Å². The van der Waals surface area contributed by atoms with Crippen LogP contribution in [0.2, 0.25) is 5.02 Å². The summed E-state index contributed by atoms with van der Waals surface area (Å²) in [5.74, 6) is 0.111. The molecule has 0 bridgehead atoms. The van der Waals surface area contributed by atoms with Gasteiger partial charge in [-0.25, -0.2) is 0 Å². The van der Waals surface area contributed by atoms with Crippen molar-refractivity contribution < 1.29 is 14.3 Å². The molecule has 0 atom stereocenters. The summed E-state index contributed by atoms with van der Waals surface area (Å²) in [5, 5.41) is 0.451. The summed E-state index contributed by atoms with van der Waals surface area (Å²) in [5.41, 5.74) is 0. The average molecular weight is 313 g/mol. The van der Waals surface area contributed by atoms with Crippen LogP contribution in [0.1, 0.15) is 13.8 Å². The fourth-order valence-electron chi connectivity index (χ4n) is 1.78. The minimum absolute atomic E-state index is 0.0480. The van der Waals surface area contributed by atoms with Crippen LogP contribution in [0.3, 0.4) is 0 Å². The van der Waals surface area contributed by atoms with Crippen LogP contribution in [0.15, 0.2) is 24.3 Å². The topological polar surface area (TPSA) is 49.9 Å². The van der Waals surface area contributed by atoms with Gasteiger partial charge in [0.2, 0.25) is 5.91 Å². The van der Waals surface area contributed by atoms with Crippen molar-refractivity contribution in [2.24, 2.45) is 0 Å². The molecule has 1 rings (SSSR count). The van der Waals surface area contributed by atoms with Crippen LogP contribution in [-0.4, -0.2) is 54.9 Å². The predicted molar refractivity (Wildman–Crippen MR) is 82.5 cm³/mol. The maximum absolute atomic E-state index is 11.9. The Labute approximate surface area is 130 Å².